The Morgan fingerprint density at radius 2 is 1.74 bits per heavy atom. The topological polar surface area (TPSA) is 63.5 Å². The average Bonchev–Trinajstić information content (AvgIpc) is 2.82. The highest BCUT2D eigenvalue weighted by atomic mass is 32.2. The van der Waals surface area contributed by atoms with E-state index in [2.05, 4.69) is 0 Å². The molecule has 0 radical (unpaired) electrons. The quantitative estimate of drug-likeness (QED) is 0.365. The van der Waals surface area contributed by atoms with Gasteiger partial charge in [0.25, 0.3) is 11.6 Å². The predicted molar refractivity (Wildman–Crippen MR) is 95.2 cm³/mol. The Balaban J connectivity index is 1.90. The zero-order chi connectivity index (χ0) is 16.4. The fraction of sp³-hybridized carbons (Fsp3) is 0. The molecule has 5 nitrogen and oxygen atoms in total. The van der Waals surface area contributed by atoms with Crippen molar-refractivity contribution >= 4 is 51.7 Å². The number of anilines is 1. The maximum absolute atomic E-state index is 12.6. The van der Waals surface area contributed by atoms with Crippen molar-refractivity contribution in [1.82, 2.24) is 0 Å². The standard InChI is InChI=1S/C16H10N2O3S2/c19-15-14(10-11-4-2-1-3-5-11)23-16(22)17(15)12-6-8-13(9-7-12)18(20)21/h1-10H/b14-10+. The van der Waals surface area contributed by atoms with E-state index >= 15 is 0 Å². The lowest BCUT2D eigenvalue weighted by Gasteiger charge is -2.13. The number of carbonyl (C=O) groups is 1. The minimum atomic E-state index is -0.483. The Morgan fingerprint density at radius 3 is 2.35 bits per heavy atom. The van der Waals surface area contributed by atoms with Crippen molar-refractivity contribution in [3.63, 3.8) is 0 Å². The van der Waals surface area contributed by atoms with Crippen molar-refractivity contribution in [2.75, 3.05) is 4.90 Å². The van der Waals surface area contributed by atoms with Crippen LogP contribution in [0.25, 0.3) is 6.08 Å². The monoisotopic (exact) mass is 342 g/mol. The van der Waals surface area contributed by atoms with Crippen molar-refractivity contribution in [2.45, 2.75) is 0 Å². The molecule has 0 aliphatic carbocycles. The highest BCUT2D eigenvalue weighted by Crippen LogP contribution is 2.36. The fourth-order valence-electron chi connectivity index (χ4n) is 2.11. The Kier molecular flexibility index (Phi) is 4.22. The summed E-state index contributed by atoms with van der Waals surface area (Å²) in [5, 5.41) is 10.7. The molecule has 0 bridgehead atoms. The van der Waals surface area contributed by atoms with Gasteiger partial charge in [-0.2, -0.15) is 0 Å². The number of rotatable bonds is 3. The van der Waals surface area contributed by atoms with Crippen molar-refractivity contribution in [1.29, 1.82) is 0 Å². The highest BCUT2D eigenvalue weighted by Gasteiger charge is 2.33. The number of amides is 1. The van der Waals surface area contributed by atoms with Crippen LogP contribution in [-0.4, -0.2) is 15.2 Å². The maximum Gasteiger partial charge on any atom is 0.270 e. The summed E-state index contributed by atoms with van der Waals surface area (Å²) >= 11 is 6.49. The first-order chi connectivity index (χ1) is 11.1. The van der Waals surface area contributed by atoms with Gasteiger partial charge in [-0.3, -0.25) is 19.8 Å². The third-order valence-electron chi connectivity index (χ3n) is 3.21. The lowest BCUT2D eigenvalue weighted by atomic mass is 10.2. The minimum absolute atomic E-state index is 0.0287. The molecule has 1 heterocycles. The van der Waals surface area contributed by atoms with Crippen LogP contribution in [-0.2, 0) is 4.79 Å². The molecule has 0 unspecified atom stereocenters. The van der Waals surface area contributed by atoms with Crippen LogP contribution in [0.15, 0.2) is 59.5 Å². The highest BCUT2D eigenvalue weighted by molar-refractivity contribution is 8.27. The van der Waals surface area contributed by atoms with Gasteiger partial charge < -0.3 is 0 Å². The lowest BCUT2D eigenvalue weighted by molar-refractivity contribution is -0.384. The molecule has 114 valence electrons. The molecule has 0 saturated carbocycles. The van der Waals surface area contributed by atoms with Gasteiger partial charge in [0.2, 0.25) is 0 Å². The minimum Gasteiger partial charge on any atom is -0.268 e. The number of benzene rings is 2. The molecule has 3 rings (SSSR count). The second-order valence-corrected chi connectivity index (χ2v) is 6.38. The van der Waals surface area contributed by atoms with Gasteiger partial charge in [0, 0.05) is 12.1 Å². The van der Waals surface area contributed by atoms with Gasteiger partial charge in [0.15, 0.2) is 4.32 Å². The van der Waals surface area contributed by atoms with Crippen LogP contribution in [0.4, 0.5) is 11.4 Å². The van der Waals surface area contributed by atoms with E-state index in [0.717, 1.165) is 5.56 Å². The van der Waals surface area contributed by atoms with Crippen LogP contribution >= 0.6 is 24.0 Å². The van der Waals surface area contributed by atoms with Crippen LogP contribution in [0.3, 0.4) is 0 Å². The van der Waals surface area contributed by atoms with Crippen LogP contribution < -0.4 is 4.90 Å². The molecule has 2 aromatic rings. The van der Waals surface area contributed by atoms with Crippen molar-refractivity contribution < 1.29 is 9.72 Å². The molecule has 0 aromatic heterocycles. The molecule has 2 aromatic carbocycles. The van der Waals surface area contributed by atoms with Crippen LogP contribution in [0.1, 0.15) is 5.56 Å². The number of nitrogens with zero attached hydrogens (tertiary/aromatic N) is 2. The van der Waals surface area contributed by atoms with E-state index in [-0.39, 0.29) is 11.6 Å². The summed E-state index contributed by atoms with van der Waals surface area (Å²) in [7, 11) is 0. The number of nitro benzene ring substituents is 1. The fourth-order valence-corrected chi connectivity index (χ4v) is 3.41. The molecular weight excluding hydrogens is 332 g/mol. The van der Waals surface area contributed by atoms with Gasteiger partial charge in [0.05, 0.1) is 15.5 Å². The van der Waals surface area contributed by atoms with Crippen LogP contribution in [0.2, 0.25) is 0 Å². The molecule has 7 heteroatoms. The number of non-ortho nitro benzene ring substituents is 1. The number of hydrogen-bond donors (Lipinski definition) is 0. The summed E-state index contributed by atoms with van der Waals surface area (Å²) in [5.74, 6) is -0.224. The van der Waals surface area contributed by atoms with Gasteiger partial charge in [-0.1, -0.05) is 54.3 Å². The molecule has 1 amide bonds. The number of carbonyl (C=O) groups excluding carboxylic acids is 1. The Labute approximate surface area is 141 Å². The summed E-state index contributed by atoms with van der Waals surface area (Å²) in [6.07, 6.45) is 1.78. The second-order valence-electron chi connectivity index (χ2n) is 4.70. The molecule has 0 atom stereocenters. The summed E-state index contributed by atoms with van der Waals surface area (Å²) in [5.41, 5.74) is 1.41. The largest absolute Gasteiger partial charge is 0.270 e. The van der Waals surface area contributed by atoms with Crippen molar-refractivity contribution in [2.24, 2.45) is 0 Å². The molecular formula is C16H10N2O3S2. The van der Waals surface area contributed by atoms with Crippen molar-refractivity contribution in [3.8, 4) is 0 Å². The summed E-state index contributed by atoms with van der Waals surface area (Å²) in [4.78, 5) is 24.7. The molecule has 1 fully saturated rings. The van der Waals surface area contributed by atoms with Gasteiger partial charge >= 0.3 is 0 Å². The summed E-state index contributed by atoms with van der Waals surface area (Å²) in [6.45, 7) is 0. The zero-order valence-corrected chi connectivity index (χ0v) is 13.3. The molecule has 0 spiro atoms. The zero-order valence-electron chi connectivity index (χ0n) is 11.7. The molecule has 1 aliphatic rings. The number of thioether (sulfide) groups is 1. The number of thiocarbonyl (C=S) groups is 1. The Hall–Kier alpha value is -2.51. The molecule has 23 heavy (non-hydrogen) atoms. The average molecular weight is 342 g/mol. The van der Waals surface area contributed by atoms with E-state index in [1.807, 2.05) is 30.3 Å². The molecule has 1 saturated heterocycles. The normalized spacial score (nSPS) is 16.2. The SMILES string of the molecule is O=C1/C(=C\c2ccccc2)SC(=S)N1c1ccc([N+](=O)[O-])cc1. The predicted octanol–water partition coefficient (Wildman–Crippen LogP) is 4.00. The van der Waals surface area contributed by atoms with E-state index in [1.165, 1.54) is 40.9 Å². The molecule has 1 aliphatic heterocycles. The molecule has 0 N–H and O–H groups in total. The Bertz CT molecular complexity index is 817. The van der Waals surface area contributed by atoms with Gasteiger partial charge in [-0.05, 0) is 23.8 Å². The van der Waals surface area contributed by atoms with E-state index < -0.39 is 4.92 Å². The number of hydrogen-bond acceptors (Lipinski definition) is 5. The van der Waals surface area contributed by atoms with Crippen LogP contribution in [0.5, 0.6) is 0 Å². The van der Waals surface area contributed by atoms with Gasteiger partial charge in [0.1, 0.15) is 0 Å². The van der Waals surface area contributed by atoms with E-state index in [0.29, 0.717) is 14.9 Å². The third kappa shape index (κ3) is 3.15. The third-order valence-corrected chi connectivity index (χ3v) is 4.51. The van der Waals surface area contributed by atoms with E-state index in [1.54, 1.807) is 6.08 Å². The lowest BCUT2D eigenvalue weighted by Crippen LogP contribution is -2.27. The smallest absolute Gasteiger partial charge is 0.268 e. The maximum atomic E-state index is 12.6. The summed E-state index contributed by atoms with van der Waals surface area (Å²) < 4.78 is 0.408. The number of nitro groups is 1. The van der Waals surface area contributed by atoms with E-state index in [9.17, 15) is 14.9 Å². The first kappa shape index (κ1) is 15.4. The Morgan fingerprint density at radius 1 is 1.09 bits per heavy atom. The summed E-state index contributed by atoms with van der Waals surface area (Å²) in [6, 6.07) is 15.2. The second kappa shape index (κ2) is 6.31. The first-order valence-electron chi connectivity index (χ1n) is 6.64. The van der Waals surface area contributed by atoms with E-state index in [4.69, 9.17) is 12.2 Å². The van der Waals surface area contributed by atoms with Gasteiger partial charge in [-0.15, -0.1) is 0 Å². The van der Waals surface area contributed by atoms with Gasteiger partial charge in [-0.25, -0.2) is 0 Å². The van der Waals surface area contributed by atoms with Crippen LogP contribution in [0, 0.1) is 10.1 Å². The first-order valence-corrected chi connectivity index (χ1v) is 7.86. The van der Waals surface area contributed by atoms with Crippen molar-refractivity contribution in [3.05, 3.63) is 75.2 Å².